The van der Waals surface area contributed by atoms with Crippen molar-refractivity contribution < 1.29 is 4.79 Å². The van der Waals surface area contributed by atoms with E-state index in [4.69, 9.17) is 0 Å². The van der Waals surface area contributed by atoms with Crippen LogP contribution in [-0.2, 0) is 0 Å². The zero-order valence-electron chi connectivity index (χ0n) is 15.3. The van der Waals surface area contributed by atoms with Crippen LogP contribution in [0, 0.1) is 6.92 Å². The van der Waals surface area contributed by atoms with E-state index in [-0.39, 0.29) is 11.4 Å². The van der Waals surface area contributed by atoms with E-state index in [2.05, 4.69) is 46.6 Å². The molecule has 0 aliphatic carbocycles. The number of benzene rings is 1. The smallest absolute Gasteiger partial charge is 0.270 e. The number of nitrogens with one attached hydrogen (secondary N) is 2. The first-order valence-corrected chi connectivity index (χ1v) is 8.19. The third-order valence-electron chi connectivity index (χ3n) is 3.41. The first-order chi connectivity index (χ1) is 11.1. The Labute approximate surface area is 143 Å². The van der Waals surface area contributed by atoms with Gasteiger partial charge in [0, 0.05) is 17.3 Å². The molecule has 2 aromatic rings. The van der Waals surface area contributed by atoms with Crippen molar-refractivity contribution in [2.75, 3.05) is 5.32 Å². The van der Waals surface area contributed by atoms with E-state index in [0.29, 0.717) is 23.3 Å². The Morgan fingerprint density at radius 1 is 1.08 bits per heavy atom. The highest BCUT2D eigenvalue weighted by molar-refractivity contribution is 5.93. The fourth-order valence-corrected chi connectivity index (χ4v) is 2.25. The van der Waals surface area contributed by atoms with Crippen LogP contribution in [0.25, 0.3) is 0 Å². The van der Waals surface area contributed by atoms with E-state index in [0.717, 1.165) is 5.69 Å². The number of hydrogen-bond donors (Lipinski definition) is 2. The van der Waals surface area contributed by atoms with Gasteiger partial charge in [0.1, 0.15) is 17.3 Å². The number of rotatable bonds is 4. The minimum Gasteiger partial charge on any atom is -0.346 e. The summed E-state index contributed by atoms with van der Waals surface area (Å²) in [6, 6.07) is 9.89. The Balaban J connectivity index is 2.20. The Morgan fingerprint density at radius 3 is 2.25 bits per heavy atom. The minimum atomic E-state index is -0.309. The van der Waals surface area contributed by atoms with Gasteiger partial charge < -0.3 is 10.6 Å². The van der Waals surface area contributed by atoms with Gasteiger partial charge in [0.25, 0.3) is 5.91 Å². The molecule has 1 heterocycles. The molecule has 2 rings (SSSR count). The molecule has 2 N–H and O–H groups in total. The molecular formula is C19H26N4O. The van der Waals surface area contributed by atoms with Gasteiger partial charge in [0.15, 0.2) is 0 Å². The van der Waals surface area contributed by atoms with Crippen LogP contribution in [-0.4, -0.2) is 21.4 Å². The highest BCUT2D eigenvalue weighted by Gasteiger charge is 2.17. The van der Waals surface area contributed by atoms with Crippen molar-refractivity contribution in [1.82, 2.24) is 15.3 Å². The van der Waals surface area contributed by atoms with E-state index in [1.54, 1.807) is 13.0 Å². The number of carbonyl (C=O) groups is 1. The second-order valence-corrected chi connectivity index (χ2v) is 7.29. The zero-order chi connectivity index (χ0) is 17.9. The summed E-state index contributed by atoms with van der Waals surface area (Å²) in [7, 11) is 0. The maximum atomic E-state index is 12.3. The molecule has 0 aliphatic heterocycles. The summed E-state index contributed by atoms with van der Waals surface area (Å²) in [5.41, 5.74) is 2.26. The summed E-state index contributed by atoms with van der Waals surface area (Å²) in [5.74, 6) is 1.45. The van der Waals surface area contributed by atoms with Crippen LogP contribution in [0.5, 0.6) is 0 Å². The molecule has 0 aliphatic rings. The largest absolute Gasteiger partial charge is 0.346 e. The van der Waals surface area contributed by atoms with Gasteiger partial charge in [0.05, 0.1) is 0 Å². The average Bonchev–Trinajstić information content (AvgIpc) is 2.45. The predicted octanol–water partition coefficient (Wildman–Crippen LogP) is 4.18. The van der Waals surface area contributed by atoms with Gasteiger partial charge in [-0.2, -0.15) is 0 Å². The Bertz CT molecular complexity index is 715. The number of hydrogen-bond acceptors (Lipinski definition) is 4. The van der Waals surface area contributed by atoms with Crippen LogP contribution in [0.1, 0.15) is 62.4 Å². The molecule has 24 heavy (non-hydrogen) atoms. The number of nitrogens with zero attached hydrogens (tertiary/aromatic N) is 2. The Morgan fingerprint density at radius 2 is 1.71 bits per heavy atom. The fourth-order valence-electron chi connectivity index (χ4n) is 2.25. The highest BCUT2D eigenvalue weighted by Crippen LogP contribution is 2.20. The molecule has 1 aromatic heterocycles. The molecule has 1 aromatic carbocycles. The van der Waals surface area contributed by atoms with Crippen LogP contribution in [0.2, 0.25) is 0 Å². The predicted molar refractivity (Wildman–Crippen MR) is 97.8 cm³/mol. The van der Waals surface area contributed by atoms with E-state index in [1.807, 2.05) is 32.9 Å². The van der Waals surface area contributed by atoms with Gasteiger partial charge in [-0.05, 0) is 51.3 Å². The van der Waals surface area contributed by atoms with E-state index < -0.39 is 0 Å². The number of aromatic nitrogens is 2. The molecule has 128 valence electrons. The maximum Gasteiger partial charge on any atom is 0.270 e. The van der Waals surface area contributed by atoms with Crippen molar-refractivity contribution in [2.45, 2.75) is 53.0 Å². The molecule has 0 saturated carbocycles. The molecule has 0 radical (unpaired) electrons. The standard InChI is InChI=1S/C19H26N4O/c1-12(2)14-7-9-15(10-8-14)22-17-11-16(20-13(3)21-17)18(24)23-19(4,5)6/h7-12H,1-6H3,(H,23,24)(H,20,21,22). The van der Waals surface area contributed by atoms with Crippen molar-refractivity contribution in [1.29, 1.82) is 0 Å². The van der Waals surface area contributed by atoms with Crippen molar-refractivity contribution in [2.24, 2.45) is 0 Å². The third kappa shape index (κ3) is 5.05. The van der Waals surface area contributed by atoms with Crippen LogP contribution >= 0.6 is 0 Å². The molecule has 1 amide bonds. The Hall–Kier alpha value is -2.43. The molecule has 0 spiro atoms. The molecule has 5 nitrogen and oxygen atoms in total. The van der Waals surface area contributed by atoms with Gasteiger partial charge in [0.2, 0.25) is 0 Å². The maximum absolute atomic E-state index is 12.3. The van der Waals surface area contributed by atoms with E-state index in [1.165, 1.54) is 5.56 Å². The zero-order valence-corrected chi connectivity index (χ0v) is 15.3. The number of carbonyl (C=O) groups excluding carboxylic acids is 1. The summed E-state index contributed by atoms with van der Waals surface area (Å²) >= 11 is 0. The van der Waals surface area contributed by atoms with E-state index in [9.17, 15) is 4.79 Å². The summed E-state index contributed by atoms with van der Waals surface area (Å²) in [6.45, 7) is 11.9. The van der Waals surface area contributed by atoms with Crippen LogP contribution in [0.3, 0.4) is 0 Å². The SMILES string of the molecule is Cc1nc(Nc2ccc(C(C)C)cc2)cc(C(=O)NC(C)(C)C)n1. The fraction of sp³-hybridized carbons (Fsp3) is 0.421. The van der Waals surface area contributed by atoms with Gasteiger partial charge >= 0.3 is 0 Å². The molecule has 0 fully saturated rings. The lowest BCUT2D eigenvalue weighted by molar-refractivity contribution is 0.0914. The topological polar surface area (TPSA) is 66.9 Å². The lowest BCUT2D eigenvalue weighted by atomic mass is 10.0. The van der Waals surface area contributed by atoms with E-state index >= 15 is 0 Å². The van der Waals surface area contributed by atoms with Gasteiger partial charge in [-0.1, -0.05) is 26.0 Å². The number of aryl methyl sites for hydroxylation is 1. The average molecular weight is 326 g/mol. The monoisotopic (exact) mass is 326 g/mol. The second-order valence-electron chi connectivity index (χ2n) is 7.29. The summed E-state index contributed by atoms with van der Waals surface area (Å²) < 4.78 is 0. The first kappa shape index (κ1) is 17.9. The molecule has 5 heteroatoms. The summed E-state index contributed by atoms with van der Waals surface area (Å²) in [4.78, 5) is 20.9. The van der Waals surface area contributed by atoms with Gasteiger partial charge in [-0.3, -0.25) is 4.79 Å². The molecule has 0 unspecified atom stereocenters. The molecular weight excluding hydrogens is 300 g/mol. The molecule has 0 saturated heterocycles. The highest BCUT2D eigenvalue weighted by atomic mass is 16.2. The lowest BCUT2D eigenvalue weighted by Gasteiger charge is -2.20. The minimum absolute atomic E-state index is 0.203. The summed E-state index contributed by atoms with van der Waals surface area (Å²) in [5, 5.41) is 6.15. The molecule has 0 bridgehead atoms. The van der Waals surface area contributed by atoms with Crippen molar-refractivity contribution >= 4 is 17.4 Å². The quantitative estimate of drug-likeness (QED) is 0.884. The number of amides is 1. The first-order valence-electron chi connectivity index (χ1n) is 8.19. The number of anilines is 2. The van der Waals surface area contributed by atoms with Gasteiger partial charge in [-0.15, -0.1) is 0 Å². The van der Waals surface area contributed by atoms with Crippen LogP contribution in [0.15, 0.2) is 30.3 Å². The van der Waals surface area contributed by atoms with Crippen LogP contribution in [0.4, 0.5) is 11.5 Å². The molecule has 0 atom stereocenters. The van der Waals surface area contributed by atoms with Crippen molar-refractivity contribution in [3.05, 3.63) is 47.4 Å². The normalized spacial score (nSPS) is 11.5. The second kappa shape index (κ2) is 6.99. The third-order valence-corrected chi connectivity index (χ3v) is 3.41. The van der Waals surface area contributed by atoms with Crippen molar-refractivity contribution in [3.8, 4) is 0 Å². The van der Waals surface area contributed by atoms with Crippen LogP contribution < -0.4 is 10.6 Å². The summed E-state index contributed by atoms with van der Waals surface area (Å²) in [6.07, 6.45) is 0. The van der Waals surface area contributed by atoms with Crippen molar-refractivity contribution in [3.63, 3.8) is 0 Å². The van der Waals surface area contributed by atoms with Gasteiger partial charge in [-0.25, -0.2) is 9.97 Å². The Kier molecular flexibility index (Phi) is 5.22. The lowest BCUT2D eigenvalue weighted by Crippen LogP contribution is -2.41.